The zero-order valence-corrected chi connectivity index (χ0v) is 13.9. The highest BCUT2D eigenvalue weighted by Crippen LogP contribution is 2.19. The summed E-state index contributed by atoms with van der Waals surface area (Å²) in [7, 11) is 0. The third kappa shape index (κ3) is 4.97. The topological polar surface area (TPSA) is 78.4 Å². The molecule has 2 rings (SSSR count). The van der Waals surface area contributed by atoms with Crippen molar-refractivity contribution in [2.75, 3.05) is 13.2 Å². The molecule has 0 aliphatic heterocycles. The minimum absolute atomic E-state index is 0.122. The van der Waals surface area contributed by atoms with Gasteiger partial charge in [-0.2, -0.15) is 0 Å². The lowest BCUT2D eigenvalue weighted by Crippen LogP contribution is -2.41. The van der Waals surface area contributed by atoms with E-state index in [0.29, 0.717) is 17.3 Å². The van der Waals surface area contributed by atoms with Gasteiger partial charge in [0.15, 0.2) is 6.10 Å². The van der Waals surface area contributed by atoms with Gasteiger partial charge in [-0.1, -0.05) is 17.7 Å². The molecule has 1 atom stereocenters. The molecule has 0 aliphatic carbocycles. The monoisotopic (exact) mass is 337 g/mol. The van der Waals surface area contributed by atoms with Crippen molar-refractivity contribution in [3.05, 3.63) is 47.0 Å². The van der Waals surface area contributed by atoms with E-state index < -0.39 is 6.10 Å². The Morgan fingerprint density at radius 2 is 2.30 bits per heavy atom. The van der Waals surface area contributed by atoms with E-state index in [1.807, 2.05) is 6.92 Å². The number of aromatic amines is 1. The standard InChI is InChI=1S/C16H20ClN3O3/c1-11(23-15-5-3-4-13(17)8-15)16(22)20(6-7-21)10-14-9-18-12(2)19-14/h3-5,8-9,11,21H,6-7,10H2,1-2H3,(H,18,19). The van der Waals surface area contributed by atoms with Crippen LogP contribution in [0.4, 0.5) is 0 Å². The van der Waals surface area contributed by atoms with Gasteiger partial charge in [0.2, 0.25) is 0 Å². The number of aliphatic hydroxyl groups excluding tert-OH is 1. The number of hydrogen-bond acceptors (Lipinski definition) is 4. The van der Waals surface area contributed by atoms with E-state index in [1.54, 1.807) is 37.4 Å². The lowest BCUT2D eigenvalue weighted by atomic mass is 10.3. The molecule has 6 nitrogen and oxygen atoms in total. The van der Waals surface area contributed by atoms with E-state index in [0.717, 1.165) is 11.5 Å². The fraction of sp³-hybridized carbons (Fsp3) is 0.375. The fourth-order valence-corrected chi connectivity index (χ4v) is 2.38. The van der Waals surface area contributed by atoms with Crippen LogP contribution in [0.2, 0.25) is 5.02 Å². The molecule has 0 bridgehead atoms. The number of aliphatic hydroxyl groups is 1. The molecule has 0 radical (unpaired) electrons. The number of imidazole rings is 1. The van der Waals surface area contributed by atoms with Crippen LogP contribution in [0.1, 0.15) is 18.4 Å². The number of amides is 1. The molecule has 2 N–H and O–H groups in total. The molecule has 2 aromatic rings. The number of benzene rings is 1. The van der Waals surface area contributed by atoms with Gasteiger partial charge in [0.25, 0.3) is 5.91 Å². The van der Waals surface area contributed by atoms with Gasteiger partial charge in [-0.15, -0.1) is 0 Å². The van der Waals surface area contributed by atoms with E-state index in [1.165, 1.54) is 4.90 Å². The molecule has 1 aromatic carbocycles. The van der Waals surface area contributed by atoms with Crippen molar-refractivity contribution in [2.45, 2.75) is 26.5 Å². The van der Waals surface area contributed by atoms with Gasteiger partial charge in [-0.25, -0.2) is 4.98 Å². The first-order chi connectivity index (χ1) is 11.0. The third-order valence-corrected chi connectivity index (χ3v) is 3.49. The summed E-state index contributed by atoms with van der Waals surface area (Å²) in [5, 5.41) is 9.74. The molecule has 0 fully saturated rings. The first-order valence-corrected chi connectivity index (χ1v) is 7.69. The Balaban J connectivity index is 2.03. The van der Waals surface area contributed by atoms with E-state index in [9.17, 15) is 9.90 Å². The number of H-pyrrole nitrogens is 1. The maximum Gasteiger partial charge on any atom is 0.263 e. The van der Waals surface area contributed by atoms with Crippen molar-refractivity contribution >= 4 is 17.5 Å². The molecule has 1 heterocycles. The zero-order valence-electron chi connectivity index (χ0n) is 13.1. The second kappa shape index (κ2) is 7.99. The van der Waals surface area contributed by atoms with Gasteiger partial charge < -0.3 is 19.7 Å². The summed E-state index contributed by atoms with van der Waals surface area (Å²) >= 11 is 5.91. The molecule has 124 valence electrons. The third-order valence-electron chi connectivity index (χ3n) is 3.25. The smallest absolute Gasteiger partial charge is 0.263 e. The second-order valence-corrected chi connectivity index (χ2v) is 5.63. The van der Waals surface area contributed by atoms with Gasteiger partial charge in [-0.05, 0) is 32.0 Å². The van der Waals surface area contributed by atoms with Gasteiger partial charge in [-0.3, -0.25) is 4.79 Å². The molecule has 0 aliphatic rings. The van der Waals surface area contributed by atoms with Crippen LogP contribution < -0.4 is 4.74 Å². The molecular weight excluding hydrogens is 318 g/mol. The minimum atomic E-state index is -0.691. The summed E-state index contributed by atoms with van der Waals surface area (Å²) in [6.45, 7) is 3.95. The van der Waals surface area contributed by atoms with Crippen LogP contribution >= 0.6 is 11.6 Å². The predicted octanol–water partition coefficient (Wildman–Crippen LogP) is 2.16. The number of nitrogens with one attached hydrogen (secondary N) is 1. The molecule has 7 heteroatoms. The fourth-order valence-electron chi connectivity index (χ4n) is 2.20. The zero-order chi connectivity index (χ0) is 16.8. The van der Waals surface area contributed by atoms with E-state index >= 15 is 0 Å². The van der Waals surface area contributed by atoms with Crippen LogP contribution in [0.25, 0.3) is 0 Å². The Bertz CT molecular complexity index is 660. The van der Waals surface area contributed by atoms with Gasteiger partial charge in [0.05, 0.1) is 25.0 Å². The minimum Gasteiger partial charge on any atom is -0.481 e. The van der Waals surface area contributed by atoms with Crippen molar-refractivity contribution in [3.8, 4) is 5.75 Å². The van der Waals surface area contributed by atoms with E-state index in [-0.39, 0.29) is 19.1 Å². The van der Waals surface area contributed by atoms with Crippen LogP contribution in [0, 0.1) is 6.92 Å². The number of aromatic nitrogens is 2. The average Bonchev–Trinajstić information content (AvgIpc) is 2.91. The molecule has 1 aromatic heterocycles. The van der Waals surface area contributed by atoms with Crippen molar-refractivity contribution < 1.29 is 14.6 Å². The van der Waals surface area contributed by atoms with Gasteiger partial charge in [0, 0.05) is 11.6 Å². The van der Waals surface area contributed by atoms with Crippen LogP contribution in [0.5, 0.6) is 5.75 Å². The van der Waals surface area contributed by atoms with E-state index in [4.69, 9.17) is 16.3 Å². The average molecular weight is 338 g/mol. The SMILES string of the molecule is Cc1ncc(CN(CCO)C(=O)C(C)Oc2cccc(Cl)c2)[nH]1. The second-order valence-electron chi connectivity index (χ2n) is 5.19. The number of hydrogen-bond donors (Lipinski definition) is 2. The quantitative estimate of drug-likeness (QED) is 0.811. The summed E-state index contributed by atoms with van der Waals surface area (Å²) in [4.78, 5) is 21.3. The Hall–Kier alpha value is -2.05. The first-order valence-electron chi connectivity index (χ1n) is 7.32. The number of carbonyl (C=O) groups is 1. The Morgan fingerprint density at radius 3 is 2.91 bits per heavy atom. The number of rotatable bonds is 7. The number of carbonyl (C=O) groups excluding carboxylic acids is 1. The Labute approximate surface area is 140 Å². The molecular formula is C16H20ClN3O3. The number of nitrogens with zero attached hydrogens (tertiary/aromatic N) is 2. The lowest BCUT2D eigenvalue weighted by molar-refractivity contribution is -0.139. The molecule has 0 saturated heterocycles. The highest BCUT2D eigenvalue weighted by molar-refractivity contribution is 6.30. The van der Waals surface area contributed by atoms with Crippen LogP contribution in [0.15, 0.2) is 30.5 Å². The molecule has 1 amide bonds. The number of aryl methyl sites for hydroxylation is 1. The maximum absolute atomic E-state index is 12.6. The summed E-state index contributed by atoms with van der Waals surface area (Å²) in [6, 6.07) is 6.89. The van der Waals surface area contributed by atoms with Crippen molar-refractivity contribution in [1.82, 2.24) is 14.9 Å². The maximum atomic E-state index is 12.6. The number of ether oxygens (including phenoxy) is 1. The van der Waals surface area contributed by atoms with Crippen molar-refractivity contribution in [2.24, 2.45) is 0 Å². The summed E-state index contributed by atoms with van der Waals surface area (Å²) in [6.07, 6.45) is 0.985. The highest BCUT2D eigenvalue weighted by Gasteiger charge is 2.22. The highest BCUT2D eigenvalue weighted by atomic mass is 35.5. The van der Waals surface area contributed by atoms with Crippen LogP contribution in [0.3, 0.4) is 0 Å². The molecule has 23 heavy (non-hydrogen) atoms. The van der Waals surface area contributed by atoms with Crippen LogP contribution in [-0.4, -0.2) is 45.1 Å². The van der Waals surface area contributed by atoms with Crippen molar-refractivity contribution in [3.63, 3.8) is 0 Å². The van der Waals surface area contributed by atoms with E-state index in [2.05, 4.69) is 9.97 Å². The Morgan fingerprint density at radius 1 is 1.52 bits per heavy atom. The van der Waals surface area contributed by atoms with Crippen LogP contribution in [-0.2, 0) is 11.3 Å². The normalized spacial score (nSPS) is 12.0. The Kier molecular flexibility index (Phi) is 6.01. The molecule has 0 spiro atoms. The summed E-state index contributed by atoms with van der Waals surface area (Å²) in [5.74, 6) is 1.09. The molecule has 1 unspecified atom stereocenters. The summed E-state index contributed by atoms with van der Waals surface area (Å²) in [5.41, 5.74) is 0.805. The lowest BCUT2D eigenvalue weighted by Gasteiger charge is -2.25. The van der Waals surface area contributed by atoms with Crippen molar-refractivity contribution in [1.29, 1.82) is 0 Å². The number of halogens is 1. The molecule has 0 saturated carbocycles. The first kappa shape index (κ1) is 17.3. The largest absolute Gasteiger partial charge is 0.481 e. The predicted molar refractivity (Wildman–Crippen MR) is 87.4 cm³/mol. The van der Waals surface area contributed by atoms with Gasteiger partial charge >= 0.3 is 0 Å². The summed E-state index contributed by atoms with van der Waals surface area (Å²) < 4.78 is 5.64. The van der Waals surface area contributed by atoms with Gasteiger partial charge in [0.1, 0.15) is 11.6 Å².